The second-order valence-corrected chi connectivity index (χ2v) is 6.07. The SMILES string of the molecule is CCN1CCN(C(=O)C(C)CCCC(C)N)CC1C. The van der Waals surface area contributed by atoms with E-state index in [1.54, 1.807) is 0 Å². The first-order chi connectivity index (χ1) is 8.95. The smallest absolute Gasteiger partial charge is 0.225 e. The Morgan fingerprint density at radius 1 is 1.32 bits per heavy atom. The van der Waals surface area contributed by atoms with Crippen LogP contribution in [0.15, 0.2) is 0 Å². The Morgan fingerprint density at radius 2 is 2.00 bits per heavy atom. The molecule has 3 atom stereocenters. The van der Waals surface area contributed by atoms with E-state index in [9.17, 15) is 4.79 Å². The van der Waals surface area contributed by atoms with Crippen molar-refractivity contribution in [2.24, 2.45) is 11.7 Å². The fraction of sp³-hybridized carbons (Fsp3) is 0.933. The zero-order valence-electron chi connectivity index (χ0n) is 13.1. The highest BCUT2D eigenvalue weighted by Crippen LogP contribution is 2.16. The Bertz CT molecular complexity index is 281. The monoisotopic (exact) mass is 269 g/mol. The van der Waals surface area contributed by atoms with Crippen LogP contribution in [0.3, 0.4) is 0 Å². The van der Waals surface area contributed by atoms with Crippen molar-refractivity contribution in [1.82, 2.24) is 9.80 Å². The van der Waals surface area contributed by atoms with Gasteiger partial charge in [0.15, 0.2) is 0 Å². The van der Waals surface area contributed by atoms with Crippen LogP contribution >= 0.6 is 0 Å². The van der Waals surface area contributed by atoms with Gasteiger partial charge < -0.3 is 10.6 Å². The second kappa shape index (κ2) is 7.85. The first-order valence-corrected chi connectivity index (χ1v) is 7.74. The minimum absolute atomic E-state index is 0.138. The minimum atomic E-state index is 0.138. The summed E-state index contributed by atoms with van der Waals surface area (Å²) in [7, 11) is 0. The maximum Gasteiger partial charge on any atom is 0.225 e. The molecule has 0 spiro atoms. The number of carbonyl (C=O) groups excluding carboxylic acids is 1. The summed E-state index contributed by atoms with van der Waals surface area (Å²) in [5, 5.41) is 0. The summed E-state index contributed by atoms with van der Waals surface area (Å²) in [6.07, 6.45) is 3.02. The molecular weight excluding hydrogens is 238 g/mol. The lowest BCUT2D eigenvalue weighted by molar-refractivity contribution is -0.138. The summed E-state index contributed by atoms with van der Waals surface area (Å²) in [5.41, 5.74) is 5.75. The van der Waals surface area contributed by atoms with Gasteiger partial charge in [0.05, 0.1) is 0 Å². The number of rotatable bonds is 6. The summed E-state index contributed by atoms with van der Waals surface area (Å²) < 4.78 is 0. The molecule has 0 saturated carbocycles. The number of likely N-dealkylation sites (N-methyl/N-ethyl adjacent to an activating group) is 1. The predicted octanol–water partition coefficient (Wildman–Crippen LogP) is 1.69. The third-order valence-corrected chi connectivity index (χ3v) is 4.20. The summed E-state index contributed by atoms with van der Waals surface area (Å²) in [6, 6.07) is 0.731. The van der Waals surface area contributed by atoms with Crippen LogP contribution in [0.2, 0.25) is 0 Å². The van der Waals surface area contributed by atoms with Crippen LogP contribution in [0, 0.1) is 5.92 Å². The summed E-state index contributed by atoms with van der Waals surface area (Å²) in [4.78, 5) is 16.9. The maximum absolute atomic E-state index is 12.4. The van der Waals surface area contributed by atoms with Gasteiger partial charge in [0.1, 0.15) is 0 Å². The van der Waals surface area contributed by atoms with Crippen molar-refractivity contribution in [2.45, 2.75) is 59.0 Å². The molecule has 0 aliphatic carbocycles. The van der Waals surface area contributed by atoms with Crippen LogP contribution in [0.4, 0.5) is 0 Å². The molecule has 0 aromatic carbocycles. The molecule has 1 saturated heterocycles. The first kappa shape index (κ1) is 16.4. The van der Waals surface area contributed by atoms with Gasteiger partial charge >= 0.3 is 0 Å². The molecule has 2 N–H and O–H groups in total. The van der Waals surface area contributed by atoms with Gasteiger partial charge in [0.2, 0.25) is 5.91 Å². The predicted molar refractivity (Wildman–Crippen MR) is 80.0 cm³/mol. The Hall–Kier alpha value is -0.610. The van der Waals surface area contributed by atoms with Crippen molar-refractivity contribution in [1.29, 1.82) is 0 Å². The largest absolute Gasteiger partial charge is 0.340 e. The van der Waals surface area contributed by atoms with Crippen LogP contribution < -0.4 is 5.73 Å². The molecule has 1 aliphatic heterocycles. The minimum Gasteiger partial charge on any atom is -0.340 e. The van der Waals surface area contributed by atoms with Crippen LogP contribution in [-0.2, 0) is 4.79 Å². The second-order valence-electron chi connectivity index (χ2n) is 6.07. The standard InChI is InChI=1S/C15H31N3O/c1-5-17-9-10-18(11-14(17)4)15(19)12(2)7-6-8-13(3)16/h12-14H,5-11,16H2,1-4H3. The van der Waals surface area contributed by atoms with Gasteiger partial charge in [-0.1, -0.05) is 20.3 Å². The van der Waals surface area contributed by atoms with E-state index in [1.807, 2.05) is 11.8 Å². The summed E-state index contributed by atoms with van der Waals surface area (Å²) >= 11 is 0. The Labute approximate surface area is 118 Å². The van der Waals surface area contributed by atoms with Gasteiger partial charge in [-0.15, -0.1) is 0 Å². The quantitative estimate of drug-likeness (QED) is 0.798. The molecule has 4 nitrogen and oxygen atoms in total. The number of piperazine rings is 1. The highest BCUT2D eigenvalue weighted by atomic mass is 16.2. The van der Waals surface area contributed by atoms with Gasteiger partial charge in [-0.25, -0.2) is 0 Å². The molecule has 0 radical (unpaired) electrons. The average Bonchev–Trinajstić information content (AvgIpc) is 2.37. The van der Waals surface area contributed by atoms with Gasteiger partial charge in [0.25, 0.3) is 0 Å². The summed E-state index contributed by atoms with van der Waals surface area (Å²) in [6.45, 7) is 12.3. The maximum atomic E-state index is 12.4. The van der Waals surface area contributed by atoms with E-state index < -0.39 is 0 Å². The molecule has 1 heterocycles. The topological polar surface area (TPSA) is 49.6 Å². The van der Waals surface area contributed by atoms with Crippen molar-refractivity contribution in [3.63, 3.8) is 0 Å². The molecule has 3 unspecified atom stereocenters. The van der Waals surface area contributed by atoms with Gasteiger partial charge in [-0.05, 0) is 33.2 Å². The average molecular weight is 269 g/mol. The molecule has 1 aliphatic rings. The molecule has 19 heavy (non-hydrogen) atoms. The van der Waals surface area contributed by atoms with Crippen molar-refractivity contribution in [2.75, 3.05) is 26.2 Å². The number of hydrogen-bond acceptors (Lipinski definition) is 3. The number of carbonyl (C=O) groups is 1. The van der Waals surface area contributed by atoms with E-state index in [0.29, 0.717) is 11.9 Å². The van der Waals surface area contributed by atoms with E-state index in [2.05, 4.69) is 25.7 Å². The van der Waals surface area contributed by atoms with Crippen LogP contribution in [-0.4, -0.2) is 54.0 Å². The molecule has 0 aromatic rings. The zero-order chi connectivity index (χ0) is 14.4. The first-order valence-electron chi connectivity index (χ1n) is 7.74. The fourth-order valence-electron chi connectivity index (χ4n) is 2.85. The van der Waals surface area contributed by atoms with Crippen LogP contribution in [0.25, 0.3) is 0 Å². The normalized spacial score (nSPS) is 24.3. The Balaban J connectivity index is 2.36. The number of nitrogens with two attached hydrogens (primary N) is 1. The van der Waals surface area contributed by atoms with E-state index in [0.717, 1.165) is 45.4 Å². The zero-order valence-corrected chi connectivity index (χ0v) is 13.1. The van der Waals surface area contributed by atoms with Crippen LogP contribution in [0.5, 0.6) is 0 Å². The Kier molecular flexibility index (Phi) is 6.80. The fourth-order valence-corrected chi connectivity index (χ4v) is 2.85. The molecule has 112 valence electrons. The number of hydrogen-bond donors (Lipinski definition) is 1. The van der Waals surface area contributed by atoms with Gasteiger partial charge in [-0.3, -0.25) is 9.69 Å². The van der Waals surface area contributed by atoms with E-state index >= 15 is 0 Å². The van der Waals surface area contributed by atoms with Crippen molar-refractivity contribution < 1.29 is 4.79 Å². The van der Waals surface area contributed by atoms with Crippen molar-refractivity contribution >= 4 is 5.91 Å². The molecule has 4 heteroatoms. The van der Waals surface area contributed by atoms with Crippen LogP contribution in [0.1, 0.15) is 47.0 Å². The third-order valence-electron chi connectivity index (χ3n) is 4.20. The van der Waals surface area contributed by atoms with Crippen molar-refractivity contribution in [3.8, 4) is 0 Å². The van der Waals surface area contributed by atoms with E-state index in [-0.39, 0.29) is 12.0 Å². The highest BCUT2D eigenvalue weighted by Gasteiger charge is 2.27. The van der Waals surface area contributed by atoms with Gasteiger partial charge in [-0.2, -0.15) is 0 Å². The number of amides is 1. The molecular formula is C15H31N3O. The lowest BCUT2D eigenvalue weighted by atomic mass is 10.00. The highest BCUT2D eigenvalue weighted by molar-refractivity contribution is 5.78. The lowest BCUT2D eigenvalue weighted by Crippen LogP contribution is -2.54. The van der Waals surface area contributed by atoms with Gasteiger partial charge in [0, 0.05) is 37.6 Å². The molecule has 1 rings (SSSR count). The van der Waals surface area contributed by atoms with E-state index in [1.165, 1.54) is 0 Å². The Morgan fingerprint density at radius 3 is 2.53 bits per heavy atom. The van der Waals surface area contributed by atoms with Crippen molar-refractivity contribution in [3.05, 3.63) is 0 Å². The molecule has 0 bridgehead atoms. The molecule has 1 fully saturated rings. The third kappa shape index (κ3) is 5.11. The summed E-state index contributed by atoms with van der Waals surface area (Å²) in [5.74, 6) is 0.464. The molecule has 0 aromatic heterocycles. The lowest BCUT2D eigenvalue weighted by Gasteiger charge is -2.40. The van der Waals surface area contributed by atoms with E-state index in [4.69, 9.17) is 5.73 Å². The number of nitrogens with zero attached hydrogens (tertiary/aromatic N) is 2. The molecule has 1 amide bonds.